The van der Waals surface area contributed by atoms with Crippen molar-refractivity contribution in [1.82, 2.24) is 0 Å². The normalized spacial score (nSPS) is 44.5. The van der Waals surface area contributed by atoms with E-state index >= 15 is 0 Å². The van der Waals surface area contributed by atoms with E-state index in [1.54, 1.807) is 0 Å². The molecule has 0 spiro atoms. The van der Waals surface area contributed by atoms with Crippen LogP contribution in [-0.4, -0.2) is 38.3 Å². The molecule has 3 rings (SSSR count). The van der Waals surface area contributed by atoms with Crippen molar-refractivity contribution in [2.24, 2.45) is 47.3 Å². The number of hydrogen-bond acceptors (Lipinski definition) is 2. The monoisotopic (exact) mass is 439 g/mol. The second-order valence-corrected chi connectivity index (χ2v) is 12.4. The Bertz CT molecular complexity index is 637. The Kier molecular flexibility index (Phi) is 8.40. The van der Waals surface area contributed by atoms with E-state index < -0.39 is 0 Å². The Labute approximate surface area is 201 Å². The lowest BCUT2D eigenvalue weighted by Crippen LogP contribution is -2.40. The van der Waals surface area contributed by atoms with Crippen LogP contribution in [0.1, 0.15) is 87.5 Å². The van der Waals surface area contributed by atoms with Crippen LogP contribution in [0.4, 0.5) is 0 Å². The molecule has 2 nitrogen and oxygen atoms in total. The summed E-state index contributed by atoms with van der Waals surface area (Å²) in [5.41, 5.74) is -0.0320. The Morgan fingerprint density at radius 3 is 2.34 bits per heavy atom. The predicted octanol–water partition coefficient (Wildman–Crippen LogP) is 6.71. The topological polar surface area (TPSA) is 18.5 Å². The quantitative estimate of drug-likeness (QED) is 0.263. The van der Waals surface area contributed by atoms with E-state index in [1.807, 2.05) is 6.08 Å². The highest BCUT2D eigenvalue weighted by atomic mass is 16.5. The summed E-state index contributed by atoms with van der Waals surface area (Å²) in [5, 5.41) is 0. The van der Waals surface area contributed by atoms with E-state index in [9.17, 15) is 0 Å². The molecule has 1 aliphatic carbocycles. The van der Waals surface area contributed by atoms with Crippen LogP contribution in [-0.2, 0) is 9.47 Å². The largest absolute Gasteiger partial charge is 0.381 e. The molecule has 3 fully saturated rings. The van der Waals surface area contributed by atoms with Crippen LogP contribution in [0.15, 0.2) is 12.7 Å². The first-order chi connectivity index (χ1) is 15.0. The molecule has 179 valence electrons. The van der Waals surface area contributed by atoms with Crippen LogP contribution < -0.4 is 0 Å². The first-order valence-electron chi connectivity index (χ1n) is 13.6. The van der Waals surface area contributed by atoms with Crippen molar-refractivity contribution < 1.29 is 9.47 Å². The van der Waals surface area contributed by atoms with Gasteiger partial charge in [-0.25, -0.2) is 0 Å². The third-order valence-corrected chi connectivity index (χ3v) is 9.23. The van der Waals surface area contributed by atoms with E-state index in [-0.39, 0.29) is 23.1 Å². The summed E-state index contributed by atoms with van der Waals surface area (Å²) in [6, 6.07) is 0.0885. The molecule has 2 heterocycles. The van der Waals surface area contributed by atoms with Crippen molar-refractivity contribution in [3.63, 3.8) is 0 Å². The summed E-state index contributed by atoms with van der Waals surface area (Å²) in [6.45, 7) is 23.0. The molecule has 0 N–H and O–H groups in total. The Balaban J connectivity index is 1.67. The number of fused-ring (bicyclic) bond motifs is 2. The van der Waals surface area contributed by atoms with Crippen molar-refractivity contribution in [2.75, 3.05) is 0 Å². The molecule has 2 saturated heterocycles. The van der Waals surface area contributed by atoms with Crippen LogP contribution in [0.3, 0.4) is 0 Å². The molecule has 0 aromatic heterocycles. The van der Waals surface area contributed by atoms with Gasteiger partial charge in [0.15, 0.2) is 0 Å². The average molecular weight is 439 g/mol. The van der Waals surface area contributed by atoms with Crippen molar-refractivity contribution in [3.8, 4) is 0 Å². The summed E-state index contributed by atoms with van der Waals surface area (Å²) in [7, 11) is 8.92. The number of ether oxygens (including phenoxy) is 2. The van der Waals surface area contributed by atoms with Crippen LogP contribution >= 0.6 is 0 Å². The summed E-state index contributed by atoms with van der Waals surface area (Å²) in [5.74, 6) is 4.74. The summed E-state index contributed by atoms with van der Waals surface area (Å²) in [4.78, 5) is 0. The highest BCUT2D eigenvalue weighted by Crippen LogP contribution is 2.60. The van der Waals surface area contributed by atoms with E-state index in [0.29, 0.717) is 41.5 Å². The zero-order valence-electron chi connectivity index (χ0n) is 22.3. The zero-order valence-corrected chi connectivity index (χ0v) is 22.3. The molecule has 2 aliphatic heterocycles. The van der Waals surface area contributed by atoms with Crippen LogP contribution in [0.25, 0.3) is 0 Å². The molecule has 3 radical (unpaired) electrons. The zero-order chi connectivity index (χ0) is 23.8. The van der Waals surface area contributed by atoms with Gasteiger partial charge in [0.2, 0.25) is 0 Å². The Hall–Kier alpha value is -0.210. The predicted molar refractivity (Wildman–Crippen MR) is 138 cm³/mol. The first-order valence-corrected chi connectivity index (χ1v) is 13.6. The van der Waals surface area contributed by atoms with Gasteiger partial charge in [0.05, 0.1) is 11.2 Å². The lowest BCUT2D eigenvalue weighted by molar-refractivity contribution is -0.0779. The lowest BCUT2D eigenvalue weighted by atomic mass is 9.57. The SMILES string of the molecule is [B][C@@H]1OC(CC)(CC(C)C[B][C@@H]2OC3(CC(C)C)C[C@H](C)C2[C@@H]3C(C)C)[C@@H](CC)C1C=C. The maximum Gasteiger partial charge on any atom is 0.150 e. The molecule has 4 heteroatoms. The van der Waals surface area contributed by atoms with Gasteiger partial charge < -0.3 is 9.47 Å². The highest BCUT2D eigenvalue weighted by Gasteiger charge is 2.62. The molecule has 0 aromatic carbocycles. The molecular formula is C28H49B2O2. The lowest BCUT2D eigenvalue weighted by Gasteiger charge is -2.38. The molecule has 32 heavy (non-hydrogen) atoms. The molecule has 3 aliphatic rings. The smallest absolute Gasteiger partial charge is 0.150 e. The minimum absolute atomic E-state index is 0.0906. The number of rotatable bonds is 11. The maximum atomic E-state index is 6.95. The van der Waals surface area contributed by atoms with Crippen LogP contribution in [0, 0.1) is 47.3 Å². The fourth-order valence-electron chi connectivity index (χ4n) is 8.43. The van der Waals surface area contributed by atoms with E-state index in [2.05, 4.69) is 69.2 Å². The summed E-state index contributed by atoms with van der Waals surface area (Å²) < 4.78 is 13.4. The standard InChI is InChI=1S/C28H49B2O2/c1-10-21-22(11-2)27(12-3,31-25(21)29)14-19(8)16-30-26-23-20(9)15-28(32-26,13-17(4)5)24(23)18(6)7/h10,17-26H,1,11-16H2,2-9H3/t19?,20-,21?,22-,23?,24-,25+,26+,27?,28?/m0/s1. The number of hydrogen-bond donors (Lipinski definition) is 0. The molecular weight excluding hydrogens is 390 g/mol. The second-order valence-electron chi connectivity index (χ2n) is 12.4. The van der Waals surface area contributed by atoms with Gasteiger partial charge in [-0.15, -0.1) is 6.58 Å². The van der Waals surface area contributed by atoms with E-state index in [1.165, 1.54) is 12.8 Å². The highest BCUT2D eigenvalue weighted by molar-refractivity contribution is 6.37. The van der Waals surface area contributed by atoms with Crippen molar-refractivity contribution in [1.29, 1.82) is 0 Å². The van der Waals surface area contributed by atoms with Gasteiger partial charge in [-0.1, -0.05) is 67.8 Å². The van der Waals surface area contributed by atoms with Gasteiger partial charge in [0.25, 0.3) is 0 Å². The third-order valence-electron chi connectivity index (χ3n) is 9.23. The van der Waals surface area contributed by atoms with Crippen LogP contribution in [0.5, 0.6) is 0 Å². The average Bonchev–Trinajstić information content (AvgIpc) is 3.27. The second kappa shape index (κ2) is 10.2. The molecule has 10 atom stereocenters. The molecule has 2 bridgehead atoms. The van der Waals surface area contributed by atoms with Gasteiger partial charge >= 0.3 is 0 Å². The minimum atomic E-state index is -0.217. The summed E-state index contributed by atoms with van der Waals surface area (Å²) in [6.07, 6.45) is 8.72. The Morgan fingerprint density at radius 1 is 1.12 bits per heavy atom. The van der Waals surface area contributed by atoms with Gasteiger partial charge in [-0.3, -0.25) is 0 Å². The van der Waals surface area contributed by atoms with Crippen molar-refractivity contribution >= 4 is 15.1 Å². The fraction of sp³-hybridized carbons (Fsp3) is 0.929. The van der Waals surface area contributed by atoms with E-state index in [4.69, 9.17) is 17.3 Å². The molecule has 0 aromatic rings. The van der Waals surface area contributed by atoms with Gasteiger partial charge in [-0.2, -0.15) is 0 Å². The van der Waals surface area contributed by atoms with Crippen molar-refractivity contribution in [3.05, 3.63) is 12.7 Å². The first kappa shape index (κ1) is 26.4. The van der Waals surface area contributed by atoms with Gasteiger partial charge in [-0.05, 0) is 79.4 Å². The van der Waals surface area contributed by atoms with Gasteiger partial charge in [0, 0.05) is 12.0 Å². The summed E-state index contributed by atoms with van der Waals surface area (Å²) >= 11 is 0. The van der Waals surface area contributed by atoms with Crippen LogP contribution in [0.2, 0.25) is 6.32 Å². The maximum absolute atomic E-state index is 6.95. The molecule has 1 saturated carbocycles. The minimum Gasteiger partial charge on any atom is -0.381 e. The molecule has 5 unspecified atom stereocenters. The van der Waals surface area contributed by atoms with Gasteiger partial charge in [0.1, 0.15) is 15.1 Å². The van der Waals surface area contributed by atoms with E-state index in [0.717, 1.165) is 31.5 Å². The fourth-order valence-corrected chi connectivity index (χ4v) is 8.43. The third kappa shape index (κ3) is 4.66. The molecule has 0 amide bonds. The Morgan fingerprint density at radius 2 is 1.81 bits per heavy atom. The van der Waals surface area contributed by atoms with Crippen molar-refractivity contribution in [2.45, 2.75) is 117 Å².